The van der Waals surface area contributed by atoms with Crippen molar-refractivity contribution >= 4 is 17.2 Å². The van der Waals surface area contributed by atoms with Gasteiger partial charge in [-0.15, -0.1) is 17.9 Å². The molecule has 1 aromatic carbocycles. The number of carbonyl (C=O) groups is 1. The van der Waals surface area contributed by atoms with Gasteiger partial charge in [-0.05, 0) is 6.07 Å². The summed E-state index contributed by atoms with van der Waals surface area (Å²) >= 11 is 1.38. The van der Waals surface area contributed by atoms with E-state index in [-0.39, 0.29) is 18.3 Å². The van der Waals surface area contributed by atoms with Crippen LogP contribution in [0.1, 0.15) is 16.1 Å². The summed E-state index contributed by atoms with van der Waals surface area (Å²) in [4.78, 5) is 18.7. The van der Waals surface area contributed by atoms with Crippen molar-refractivity contribution in [2.45, 2.75) is 6.54 Å². The molecule has 0 aliphatic heterocycles. The molecular formula is C18H17FN4OS. The molecule has 2 heterocycles. The van der Waals surface area contributed by atoms with Crippen LogP contribution in [0, 0.1) is 5.82 Å². The van der Waals surface area contributed by atoms with Gasteiger partial charge in [-0.3, -0.25) is 9.48 Å². The molecule has 0 bridgehead atoms. The first-order valence-corrected chi connectivity index (χ1v) is 8.54. The van der Waals surface area contributed by atoms with E-state index in [1.807, 2.05) is 13.2 Å². The average Bonchev–Trinajstić information content (AvgIpc) is 3.24. The number of carbonyl (C=O) groups excluding carboxylic acids is 1. The molecule has 3 rings (SSSR count). The number of aromatic nitrogens is 3. The van der Waals surface area contributed by atoms with E-state index in [1.165, 1.54) is 22.3 Å². The Morgan fingerprint density at radius 1 is 1.44 bits per heavy atom. The van der Waals surface area contributed by atoms with Gasteiger partial charge in [0.1, 0.15) is 16.5 Å². The molecule has 0 unspecified atom stereocenters. The first kappa shape index (κ1) is 17.0. The van der Waals surface area contributed by atoms with Gasteiger partial charge in [-0.1, -0.05) is 24.3 Å². The number of benzene rings is 1. The monoisotopic (exact) mass is 356 g/mol. The normalized spacial score (nSPS) is 10.6. The summed E-state index contributed by atoms with van der Waals surface area (Å²) in [5.74, 6) is -0.590. The van der Waals surface area contributed by atoms with Crippen molar-refractivity contribution in [3.63, 3.8) is 0 Å². The SMILES string of the molecule is C=CCN(Cc1ccccc1F)C(=O)c1csc(-c2cnn(C)c2)n1. The van der Waals surface area contributed by atoms with Crippen LogP contribution in [0.4, 0.5) is 4.39 Å². The first-order chi connectivity index (χ1) is 12.1. The molecule has 0 N–H and O–H groups in total. The molecule has 5 nitrogen and oxygen atoms in total. The van der Waals surface area contributed by atoms with E-state index < -0.39 is 0 Å². The molecule has 0 atom stereocenters. The van der Waals surface area contributed by atoms with Crippen molar-refractivity contribution in [1.29, 1.82) is 0 Å². The molecule has 0 aliphatic carbocycles. The lowest BCUT2D eigenvalue weighted by atomic mass is 10.2. The van der Waals surface area contributed by atoms with E-state index >= 15 is 0 Å². The van der Waals surface area contributed by atoms with Crippen LogP contribution >= 0.6 is 11.3 Å². The third-order valence-corrected chi connectivity index (χ3v) is 4.52. The van der Waals surface area contributed by atoms with Gasteiger partial charge in [0.2, 0.25) is 0 Å². The minimum absolute atomic E-state index is 0.164. The Hall–Kier alpha value is -2.80. The summed E-state index contributed by atoms with van der Waals surface area (Å²) in [6.07, 6.45) is 5.16. The van der Waals surface area contributed by atoms with Crippen LogP contribution in [0.2, 0.25) is 0 Å². The topological polar surface area (TPSA) is 51.0 Å². The van der Waals surface area contributed by atoms with Crippen molar-refractivity contribution < 1.29 is 9.18 Å². The Morgan fingerprint density at radius 2 is 2.24 bits per heavy atom. The fourth-order valence-electron chi connectivity index (χ4n) is 2.41. The molecule has 0 saturated heterocycles. The third kappa shape index (κ3) is 3.83. The largest absolute Gasteiger partial charge is 0.329 e. The van der Waals surface area contributed by atoms with Gasteiger partial charge >= 0.3 is 0 Å². The second kappa shape index (κ2) is 7.40. The second-order valence-electron chi connectivity index (χ2n) is 5.51. The summed E-state index contributed by atoms with van der Waals surface area (Å²) in [5, 5.41) is 6.54. The van der Waals surface area contributed by atoms with Crippen LogP contribution in [0.5, 0.6) is 0 Å². The summed E-state index contributed by atoms with van der Waals surface area (Å²) in [7, 11) is 1.82. The van der Waals surface area contributed by atoms with Crippen LogP contribution < -0.4 is 0 Å². The van der Waals surface area contributed by atoms with Gasteiger partial charge in [-0.25, -0.2) is 9.37 Å². The molecule has 2 aromatic heterocycles. The highest BCUT2D eigenvalue weighted by Gasteiger charge is 2.20. The summed E-state index contributed by atoms with van der Waals surface area (Å²) < 4.78 is 15.6. The van der Waals surface area contributed by atoms with Crippen molar-refractivity contribution in [3.8, 4) is 10.6 Å². The van der Waals surface area contributed by atoms with Gasteiger partial charge < -0.3 is 4.90 Å². The molecule has 0 fully saturated rings. The van der Waals surface area contributed by atoms with Crippen molar-refractivity contribution in [2.75, 3.05) is 6.54 Å². The van der Waals surface area contributed by atoms with Gasteiger partial charge in [-0.2, -0.15) is 5.10 Å². The lowest BCUT2D eigenvalue weighted by molar-refractivity contribution is 0.0756. The fourth-order valence-corrected chi connectivity index (χ4v) is 3.17. The van der Waals surface area contributed by atoms with E-state index in [1.54, 1.807) is 40.5 Å². The number of amides is 1. The van der Waals surface area contributed by atoms with Crippen molar-refractivity contribution in [1.82, 2.24) is 19.7 Å². The Labute approximate surface area is 149 Å². The zero-order chi connectivity index (χ0) is 17.8. The van der Waals surface area contributed by atoms with Crippen LogP contribution in [-0.2, 0) is 13.6 Å². The zero-order valence-electron chi connectivity index (χ0n) is 13.7. The lowest BCUT2D eigenvalue weighted by Crippen LogP contribution is -2.31. The number of hydrogen-bond acceptors (Lipinski definition) is 4. The summed E-state index contributed by atoms with van der Waals surface area (Å²) in [6, 6.07) is 6.42. The average molecular weight is 356 g/mol. The lowest BCUT2D eigenvalue weighted by Gasteiger charge is -2.20. The van der Waals surface area contributed by atoms with E-state index in [2.05, 4.69) is 16.7 Å². The Bertz CT molecular complexity index is 902. The van der Waals surface area contributed by atoms with E-state index in [0.717, 1.165) is 10.6 Å². The second-order valence-corrected chi connectivity index (χ2v) is 6.36. The zero-order valence-corrected chi connectivity index (χ0v) is 14.5. The minimum atomic E-state index is -0.335. The standard InChI is InChI=1S/C18H17FN4OS/c1-3-8-23(11-13-6-4-5-7-15(13)19)18(24)16-12-25-17(21-16)14-9-20-22(2)10-14/h3-7,9-10,12H,1,8,11H2,2H3. The van der Waals surface area contributed by atoms with Gasteiger partial charge in [0.25, 0.3) is 5.91 Å². The predicted octanol–water partition coefficient (Wildman–Crippen LogP) is 3.51. The molecule has 0 spiro atoms. The van der Waals surface area contributed by atoms with Crippen LogP contribution in [0.3, 0.4) is 0 Å². The van der Waals surface area contributed by atoms with Crippen molar-refractivity contribution in [3.05, 3.63) is 71.8 Å². The number of thiazole rings is 1. The number of hydrogen-bond donors (Lipinski definition) is 0. The van der Waals surface area contributed by atoms with Gasteiger partial charge in [0.05, 0.1) is 6.20 Å². The molecule has 0 radical (unpaired) electrons. The fraction of sp³-hybridized carbons (Fsp3) is 0.167. The molecule has 0 aliphatic rings. The van der Waals surface area contributed by atoms with Crippen LogP contribution in [0.25, 0.3) is 10.6 Å². The maximum Gasteiger partial charge on any atom is 0.273 e. The Kier molecular flexibility index (Phi) is 5.04. The number of aryl methyl sites for hydroxylation is 1. The molecule has 128 valence electrons. The quantitative estimate of drug-likeness (QED) is 0.635. The number of nitrogens with zero attached hydrogens (tertiary/aromatic N) is 4. The van der Waals surface area contributed by atoms with Crippen molar-refractivity contribution in [2.24, 2.45) is 7.05 Å². The smallest absolute Gasteiger partial charge is 0.273 e. The first-order valence-electron chi connectivity index (χ1n) is 7.66. The molecule has 7 heteroatoms. The maximum atomic E-state index is 13.9. The summed E-state index contributed by atoms with van der Waals surface area (Å²) in [6.45, 7) is 4.16. The third-order valence-electron chi connectivity index (χ3n) is 3.63. The Balaban J connectivity index is 1.82. The number of rotatable bonds is 6. The maximum absolute atomic E-state index is 13.9. The van der Waals surface area contributed by atoms with Crippen LogP contribution in [-0.4, -0.2) is 32.1 Å². The highest BCUT2D eigenvalue weighted by Crippen LogP contribution is 2.24. The highest BCUT2D eigenvalue weighted by atomic mass is 32.1. The van der Waals surface area contributed by atoms with E-state index in [9.17, 15) is 9.18 Å². The molecule has 1 amide bonds. The van der Waals surface area contributed by atoms with Gasteiger partial charge in [0, 0.05) is 42.8 Å². The minimum Gasteiger partial charge on any atom is -0.329 e. The number of halogens is 1. The highest BCUT2D eigenvalue weighted by molar-refractivity contribution is 7.13. The molecular weight excluding hydrogens is 339 g/mol. The predicted molar refractivity (Wildman–Crippen MR) is 95.7 cm³/mol. The molecule has 0 saturated carbocycles. The Morgan fingerprint density at radius 3 is 2.92 bits per heavy atom. The van der Waals surface area contributed by atoms with Gasteiger partial charge in [0.15, 0.2) is 0 Å². The van der Waals surface area contributed by atoms with E-state index in [4.69, 9.17) is 0 Å². The molecule has 3 aromatic rings. The van der Waals surface area contributed by atoms with E-state index in [0.29, 0.717) is 17.8 Å². The molecule has 25 heavy (non-hydrogen) atoms. The van der Waals surface area contributed by atoms with Crippen LogP contribution in [0.15, 0.2) is 54.7 Å². The summed E-state index contributed by atoms with van der Waals surface area (Å²) in [5.41, 5.74) is 1.65.